The van der Waals surface area contributed by atoms with Crippen LogP contribution in [0.15, 0.2) is 71.5 Å². The van der Waals surface area contributed by atoms with Crippen molar-refractivity contribution >= 4 is 5.91 Å². The van der Waals surface area contributed by atoms with Gasteiger partial charge in [0.05, 0.1) is 17.9 Å². The van der Waals surface area contributed by atoms with Gasteiger partial charge in [0.25, 0.3) is 5.91 Å². The van der Waals surface area contributed by atoms with Gasteiger partial charge in [0.1, 0.15) is 17.9 Å². The highest BCUT2D eigenvalue weighted by Crippen LogP contribution is 2.28. The van der Waals surface area contributed by atoms with Crippen LogP contribution in [-0.4, -0.2) is 10.8 Å². The molecule has 3 aromatic rings. The molecule has 1 unspecified atom stereocenters. The fourth-order valence-corrected chi connectivity index (χ4v) is 3.03. The third-order valence-corrected chi connectivity index (χ3v) is 4.29. The van der Waals surface area contributed by atoms with Crippen molar-refractivity contribution in [2.75, 3.05) is 0 Å². The molecule has 3 nitrogen and oxygen atoms in total. The molecule has 0 saturated carbocycles. The number of carbonyl (C=O) groups is 1. The van der Waals surface area contributed by atoms with Crippen LogP contribution in [-0.2, 0) is 6.54 Å². The van der Waals surface area contributed by atoms with E-state index in [1.807, 2.05) is 6.92 Å². The summed E-state index contributed by atoms with van der Waals surface area (Å²) < 4.78 is 31.9. The van der Waals surface area contributed by atoms with Crippen LogP contribution in [0, 0.1) is 11.6 Å². The number of carbonyl (C=O) groups excluding carboxylic acids is 1. The summed E-state index contributed by atoms with van der Waals surface area (Å²) in [4.78, 5) is 14.7. The van der Waals surface area contributed by atoms with Crippen LogP contribution in [0.25, 0.3) is 0 Å². The van der Waals surface area contributed by atoms with E-state index in [-0.39, 0.29) is 30.1 Å². The smallest absolute Gasteiger partial charge is 0.257 e. The zero-order valence-corrected chi connectivity index (χ0v) is 14.4. The van der Waals surface area contributed by atoms with E-state index in [0.29, 0.717) is 17.5 Å². The van der Waals surface area contributed by atoms with Crippen LogP contribution in [0.5, 0.6) is 0 Å². The zero-order chi connectivity index (χ0) is 18.5. The Balaban J connectivity index is 1.97. The van der Waals surface area contributed by atoms with Crippen molar-refractivity contribution in [3.63, 3.8) is 0 Å². The molecule has 0 aliphatic heterocycles. The quantitative estimate of drug-likeness (QED) is 0.597. The van der Waals surface area contributed by atoms with Gasteiger partial charge in [0.2, 0.25) is 0 Å². The average Bonchev–Trinajstić information content (AvgIpc) is 3.17. The summed E-state index contributed by atoms with van der Waals surface area (Å²) in [5.74, 6) is -0.909. The summed E-state index contributed by atoms with van der Waals surface area (Å²) in [6, 6.07) is 13.6. The molecule has 0 N–H and O–H groups in total. The molecule has 1 atom stereocenters. The molecule has 1 amide bonds. The molecule has 0 radical (unpaired) electrons. The first-order valence-corrected chi connectivity index (χ1v) is 8.41. The minimum atomic E-state index is -0.354. The van der Waals surface area contributed by atoms with E-state index in [0.717, 1.165) is 5.56 Å². The van der Waals surface area contributed by atoms with Gasteiger partial charge in [-0.1, -0.05) is 31.2 Å². The van der Waals surface area contributed by atoms with Gasteiger partial charge in [-0.05, 0) is 47.9 Å². The molecule has 1 aromatic heterocycles. The van der Waals surface area contributed by atoms with E-state index < -0.39 is 0 Å². The van der Waals surface area contributed by atoms with Crippen molar-refractivity contribution in [3.05, 3.63) is 95.4 Å². The van der Waals surface area contributed by atoms with Crippen LogP contribution in [0.4, 0.5) is 8.78 Å². The number of halogens is 2. The lowest BCUT2D eigenvalue weighted by molar-refractivity contribution is 0.0651. The summed E-state index contributed by atoms with van der Waals surface area (Å²) in [5.41, 5.74) is 1.92. The third-order valence-electron chi connectivity index (χ3n) is 4.29. The highest BCUT2D eigenvalue weighted by atomic mass is 19.1. The van der Waals surface area contributed by atoms with Crippen molar-refractivity contribution in [1.29, 1.82) is 0 Å². The summed E-state index contributed by atoms with van der Waals surface area (Å²) in [6.07, 6.45) is 3.45. The monoisotopic (exact) mass is 355 g/mol. The zero-order valence-electron chi connectivity index (χ0n) is 14.4. The molecule has 134 valence electrons. The molecule has 2 aromatic carbocycles. The Kier molecular flexibility index (Phi) is 5.46. The molecule has 0 aliphatic carbocycles. The second kappa shape index (κ2) is 7.95. The average molecular weight is 355 g/mol. The van der Waals surface area contributed by atoms with Gasteiger partial charge >= 0.3 is 0 Å². The van der Waals surface area contributed by atoms with Crippen LogP contribution < -0.4 is 0 Å². The number of hydrogen-bond acceptors (Lipinski definition) is 2. The Labute approximate surface area is 150 Å². The van der Waals surface area contributed by atoms with Crippen molar-refractivity contribution in [2.24, 2.45) is 0 Å². The van der Waals surface area contributed by atoms with Crippen molar-refractivity contribution in [2.45, 2.75) is 25.9 Å². The molecule has 0 spiro atoms. The van der Waals surface area contributed by atoms with Crippen LogP contribution in [0.2, 0.25) is 0 Å². The summed E-state index contributed by atoms with van der Waals surface area (Å²) >= 11 is 0. The molecular formula is C21H19F2NO2. The molecule has 3 rings (SSSR count). The second-order valence-corrected chi connectivity index (χ2v) is 6.05. The summed E-state index contributed by atoms with van der Waals surface area (Å²) in [6.45, 7) is 2.19. The molecule has 0 aliphatic rings. The fourth-order valence-electron chi connectivity index (χ4n) is 3.03. The van der Waals surface area contributed by atoms with E-state index in [1.54, 1.807) is 35.2 Å². The van der Waals surface area contributed by atoms with E-state index >= 15 is 0 Å². The number of nitrogens with zero attached hydrogens (tertiary/aromatic N) is 1. The maximum atomic E-state index is 13.6. The van der Waals surface area contributed by atoms with Gasteiger partial charge < -0.3 is 9.32 Å². The molecule has 0 bridgehead atoms. The maximum absolute atomic E-state index is 13.6. The highest BCUT2D eigenvalue weighted by molar-refractivity contribution is 5.94. The van der Waals surface area contributed by atoms with Gasteiger partial charge in [0.15, 0.2) is 0 Å². The standard InChI is InChI=1S/C21H19F2NO2/c1-2-20(16-6-8-18(22)9-7-16)24(21(25)17-10-11-26-14-17)13-15-4-3-5-19(23)12-15/h3-12,14,20H,2,13H2,1H3. The molecule has 1 heterocycles. The first-order chi connectivity index (χ1) is 12.6. The largest absolute Gasteiger partial charge is 0.472 e. The number of hydrogen-bond donors (Lipinski definition) is 0. The van der Waals surface area contributed by atoms with Gasteiger partial charge in [0, 0.05) is 6.54 Å². The first kappa shape index (κ1) is 17.9. The number of furan rings is 1. The lowest BCUT2D eigenvalue weighted by atomic mass is 10.0. The van der Waals surface area contributed by atoms with Crippen molar-refractivity contribution in [1.82, 2.24) is 4.90 Å². The van der Waals surface area contributed by atoms with E-state index in [9.17, 15) is 13.6 Å². The second-order valence-electron chi connectivity index (χ2n) is 6.05. The predicted octanol–water partition coefficient (Wildman–Crippen LogP) is 5.35. The van der Waals surface area contributed by atoms with E-state index in [1.165, 1.54) is 36.8 Å². The van der Waals surface area contributed by atoms with Crippen LogP contribution in [0.3, 0.4) is 0 Å². The topological polar surface area (TPSA) is 33.5 Å². The molecule has 5 heteroatoms. The maximum Gasteiger partial charge on any atom is 0.257 e. The number of amides is 1. The number of benzene rings is 2. The summed E-state index contributed by atoms with van der Waals surface area (Å²) in [5, 5.41) is 0. The molecule has 0 fully saturated rings. The lowest BCUT2D eigenvalue weighted by Crippen LogP contribution is -2.34. The minimum absolute atomic E-state index is 0.223. The summed E-state index contributed by atoms with van der Waals surface area (Å²) in [7, 11) is 0. The molecule has 0 saturated heterocycles. The highest BCUT2D eigenvalue weighted by Gasteiger charge is 2.26. The first-order valence-electron chi connectivity index (χ1n) is 8.41. The minimum Gasteiger partial charge on any atom is -0.472 e. The normalized spacial score (nSPS) is 12.0. The Morgan fingerprint density at radius 1 is 1.08 bits per heavy atom. The van der Waals surface area contributed by atoms with E-state index in [2.05, 4.69) is 0 Å². The molecular weight excluding hydrogens is 336 g/mol. The Hall–Kier alpha value is -2.95. The van der Waals surface area contributed by atoms with Gasteiger partial charge in [-0.15, -0.1) is 0 Å². The SMILES string of the molecule is CCC(c1ccc(F)cc1)N(Cc1cccc(F)c1)C(=O)c1ccoc1. The Bertz CT molecular complexity index is 860. The van der Waals surface area contributed by atoms with Crippen molar-refractivity contribution in [3.8, 4) is 0 Å². The van der Waals surface area contributed by atoms with Gasteiger partial charge in [-0.3, -0.25) is 4.79 Å². The predicted molar refractivity (Wildman–Crippen MR) is 94.4 cm³/mol. The van der Waals surface area contributed by atoms with Crippen LogP contribution >= 0.6 is 0 Å². The van der Waals surface area contributed by atoms with Gasteiger partial charge in [-0.2, -0.15) is 0 Å². The van der Waals surface area contributed by atoms with Crippen molar-refractivity contribution < 1.29 is 18.0 Å². The Morgan fingerprint density at radius 3 is 2.46 bits per heavy atom. The van der Waals surface area contributed by atoms with E-state index in [4.69, 9.17) is 4.42 Å². The number of rotatable bonds is 6. The Morgan fingerprint density at radius 2 is 1.85 bits per heavy atom. The van der Waals surface area contributed by atoms with Crippen LogP contribution in [0.1, 0.15) is 40.9 Å². The van der Waals surface area contributed by atoms with Gasteiger partial charge in [-0.25, -0.2) is 8.78 Å². The lowest BCUT2D eigenvalue weighted by Gasteiger charge is -2.31. The fraction of sp³-hybridized carbons (Fsp3) is 0.190. The molecule has 26 heavy (non-hydrogen) atoms. The third kappa shape index (κ3) is 3.99.